The van der Waals surface area contributed by atoms with E-state index in [4.69, 9.17) is 9.73 Å². The number of hydrogen-bond acceptors (Lipinski definition) is 2. The van der Waals surface area contributed by atoms with E-state index in [0.717, 1.165) is 30.0 Å². The van der Waals surface area contributed by atoms with Crippen LogP contribution in [0.25, 0.3) is 54.6 Å². The molecule has 0 spiro atoms. The molecule has 0 N–H and O–H groups in total. The van der Waals surface area contributed by atoms with Crippen LogP contribution in [0.3, 0.4) is 0 Å². The van der Waals surface area contributed by atoms with Crippen molar-refractivity contribution in [2.24, 2.45) is 4.99 Å². The number of benzene rings is 7. The first-order valence-electron chi connectivity index (χ1n) is 15.2. The van der Waals surface area contributed by atoms with Gasteiger partial charge in [0.05, 0.1) is 5.69 Å². The smallest absolute Gasteiger partial charge is 0.133 e. The number of aliphatic imine (C=N–C) groups is 1. The lowest BCUT2D eigenvalue weighted by Gasteiger charge is -2.19. The standard InChI is InChI=1S/C41H29NO/c1-2-35-34-23-27-19-21-29(24-38(27)43-37-17-9-16-36(42-35)41(34)37)40-32-14-7-5-12-30(32)39(31-13-6-8-15-33(31)40)28-20-18-25-10-3-4-11-26(25)22-28/h3-22,24,34H,2,23H2,1H3. The summed E-state index contributed by atoms with van der Waals surface area (Å²) >= 11 is 0. The highest BCUT2D eigenvalue weighted by atomic mass is 16.5. The second-order valence-electron chi connectivity index (χ2n) is 11.7. The summed E-state index contributed by atoms with van der Waals surface area (Å²) in [5.41, 5.74) is 9.74. The molecule has 2 heteroatoms. The lowest BCUT2D eigenvalue weighted by atomic mass is 9.84. The van der Waals surface area contributed by atoms with Gasteiger partial charge >= 0.3 is 0 Å². The maximum absolute atomic E-state index is 6.73. The topological polar surface area (TPSA) is 21.6 Å². The second-order valence-corrected chi connectivity index (χ2v) is 11.7. The third-order valence-corrected chi connectivity index (χ3v) is 9.39. The number of fused-ring (bicyclic) bond motifs is 4. The van der Waals surface area contributed by atoms with Gasteiger partial charge in [0.2, 0.25) is 0 Å². The summed E-state index contributed by atoms with van der Waals surface area (Å²) in [7, 11) is 0. The zero-order chi connectivity index (χ0) is 28.5. The van der Waals surface area contributed by atoms with E-state index in [1.807, 2.05) is 0 Å². The Morgan fingerprint density at radius 2 is 1.23 bits per heavy atom. The second kappa shape index (κ2) is 9.40. The van der Waals surface area contributed by atoms with Crippen LogP contribution in [0.1, 0.15) is 30.4 Å². The van der Waals surface area contributed by atoms with E-state index in [1.165, 1.54) is 71.4 Å². The molecule has 43 heavy (non-hydrogen) atoms. The minimum absolute atomic E-state index is 0.284. The fourth-order valence-corrected chi connectivity index (χ4v) is 7.42. The highest BCUT2D eigenvalue weighted by molar-refractivity contribution is 6.21. The first kappa shape index (κ1) is 24.4. The summed E-state index contributed by atoms with van der Waals surface area (Å²) in [6.45, 7) is 2.21. The van der Waals surface area contributed by atoms with Crippen molar-refractivity contribution in [3.05, 3.63) is 139 Å². The maximum Gasteiger partial charge on any atom is 0.133 e. The van der Waals surface area contributed by atoms with Gasteiger partial charge in [-0.1, -0.05) is 110 Å². The summed E-state index contributed by atoms with van der Waals surface area (Å²) in [6, 6.07) is 46.3. The summed E-state index contributed by atoms with van der Waals surface area (Å²) in [4.78, 5) is 4.96. The van der Waals surface area contributed by atoms with Gasteiger partial charge in [0.1, 0.15) is 11.5 Å². The Bertz CT molecular complexity index is 2240. The average molecular weight is 552 g/mol. The molecule has 204 valence electrons. The average Bonchev–Trinajstić information content (AvgIpc) is 3.32. The van der Waals surface area contributed by atoms with Gasteiger partial charge in [-0.05, 0) is 97.2 Å². The Labute approximate surface area is 250 Å². The van der Waals surface area contributed by atoms with Crippen molar-refractivity contribution in [3.63, 3.8) is 0 Å². The zero-order valence-electron chi connectivity index (χ0n) is 24.0. The Kier molecular flexibility index (Phi) is 5.34. The minimum Gasteiger partial charge on any atom is -0.457 e. The number of rotatable bonds is 3. The van der Waals surface area contributed by atoms with E-state index >= 15 is 0 Å². The van der Waals surface area contributed by atoms with Crippen LogP contribution in [-0.4, -0.2) is 5.71 Å². The fraction of sp³-hybridized carbons (Fsp3) is 0.0976. The predicted molar refractivity (Wildman–Crippen MR) is 180 cm³/mol. The molecule has 0 saturated carbocycles. The number of hydrogen-bond donors (Lipinski definition) is 0. The first-order chi connectivity index (χ1) is 21.3. The molecule has 7 aromatic carbocycles. The molecular weight excluding hydrogens is 522 g/mol. The molecule has 0 aliphatic carbocycles. The van der Waals surface area contributed by atoms with Gasteiger partial charge < -0.3 is 4.74 Å². The molecule has 1 unspecified atom stereocenters. The lowest BCUT2D eigenvalue weighted by Crippen LogP contribution is -2.09. The highest BCUT2D eigenvalue weighted by Crippen LogP contribution is 2.50. The van der Waals surface area contributed by atoms with Crippen molar-refractivity contribution >= 4 is 43.7 Å². The quantitative estimate of drug-likeness (QED) is 0.200. The highest BCUT2D eigenvalue weighted by Gasteiger charge is 2.33. The summed E-state index contributed by atoms with van der Waals surface area (Å²) in [5.74, 6) is 2.17. The van der Waals surface area contributed by atoms with Crippen molar-refractivity contribution in [1.29, 1.82) is 0 Å². The first-order valence-corrected chi connectivity index (χ1v) is 15.2. The molecule has 2 heterocycles. The van der Waals surface area contributed by atoms with Crippen LogP contribution in [0.2, 0.25) is 0 Å². The monoisotopic (exact) mass is 551 g/mol. The van der Waals surface area contributed by atoms with E-state index in [9.17, 15) is 0 Å². The van der Waals surface area contributed by atoms with Crippen LogP contribution in [0, 0.1) is 0 Å². The molecule has 9 rings (SSSR count). The Morgan fingerprint density at radius 1 is 0.605 bits per heavy atom. The third-order valence-electron chi connectivity index (χ3n) is 9.39. The molecule has 2 aliphatic rings. The van der Waals surface area contributed by atoms with Crippen molar-refractivity contribution in [3.8, 4) is 33.8 Å². The van der Waals surface area contributed by atoms with Crippen molar-refractivity contribution in [2.45, 2.75) is 25.7 Å². The fourth-order valence-electron chi connectivity index (χ4n) is 7.42. The summed E-state index contributed by atoms with van der Waals surface area (Å²) in [5, 5.41) is 7.53. The van der Waals surface area contributed by atoms with Gasteiger partial charge in [-0.2, -0.15) is 0 Å². The van der Waals surface area contributed by atoms with Crippen LogP contribution < -0.4 is 4.74 Å². The molecular formula is C41H29NO. The summed E-state index contributed by atoms with van der Waals surface area (Å²) < 4.78 is 6.73. The maximum atomic E-state index is 6.73. The van der Waals surface area contributed by atoms with Crippen LogP contribution in [0.4, 0.5) is 5.69 Å². The van der Waals surface area contributed by atoms with E-state index in [-0.39, 0.29) is 5.92 Å². The minimum atomic E-state index is 0.284. The molecule has 0 fully saturated rings. The number of ether oxygens (including phenoxy) is 1. The third kappa shape index (κ3) is 3.69. The van der Waals surface area contributed by atoms with Gasteiger partial charge in [0.25, 0.3) is 0 Å². The van der Waals surface area contributed by atoms with Gasteiger partial charge in [-0.3, -0.25) is 4.99 Å². The van der Waals surface area contributed by atoms with E-state index in [0.29, 0.717) is 0 Å². The van der Waals surface area contributed by atoms with Crippen LogP contribution in [0.15, 0.2) is 132 Å². The molecule has 2 aliphatic heterocycles. The van der Waals surface area contributed by atoms with E-state index in [2.05, 4.69) is 134 Å². The van der Waals surface area contributed by atoms with Crippen LogP contribution in [0.5, 0.6) is 11.5 Å². The molecule has 0 saturated heterocycles. The van der Waals surface area contributed by atoms with E-state index in [1.54, 1.807) is 0 Å². The molecule has 2 nitrogen and oxygen atoms in total. The Hall–Kier alpha value is -5.21. The van der Waals surface area contributed by atoms with Gasteiger partial charge in [0.15, 0.2) is 0 Å². The predicted octanol–water partition coefficient (Wildman–Crippen LogP) is 11.4. The van der Waals surface area contributed by atoms with Gasteiger partial charge in [0, 0.05) is 17.2 Å². The summed E-state index contributed by atoms with van der Waals surface area (Å²) in [6.07, 6.45) is 1.86. The van der Waals surface area contributed by atoms with Crippen LogP contribution in [-0.2, 0) is 6.42 Å². The lowest BCUT2D eigenvalue weighted by molar-refractivity contribution is 0.479. The normalized spacial score (nSPS) is 15.2. The molecule has 1 atom stereocenters. The van der Waals surface area contributed by atoms with E-state index < -0.39 is 0 Å². The Balaban J connectivity index is 1.27. The van der Waals surface area contributed by atoms with Crippen molar-refractivity contribution < 1.29 is 4.74 Å². The molecule has 0 amide bonds. The largest absolute Gasteiger partial charge is 0.457 e. The molecule has 0 bridgehead atoms. The molecule has 7 aromatic rings. The SMILES string of the molecule is CCC1=Nc2cccc3c2C1Cc1ccc(-c2c4ccccc4c(-c4ccc5ccccc5c4)c4ccccc24)cc1O3. The molecule has 0 radical (unpaired) electrons. The van der Waals surface area contributed by atoms with Crippen molar-refractivity contribution in [1.82, 2.24) is 0 Å². The van der Waals surface area contributed by atoms with Crippen molar-refractivity contribution in [2.75, 3.05) is 0 Å². The number of nitrogens with zero attached hydrogens (tertiary/aromatic N) is 1. The van der Waals surface area contributed by atoms with Gasteiger partial charge in [-0.25, -0.2) is 0 Å². The Morgan fingerprint density at radius 3 is 1.93 bits per heavy atom. The zero-order valence-corrected chi connectivity index (χ0v) is 24.0. The van der Waals surface area contributed by atoms with Crippen LogP contribution >= 0.6 is 0 Å². The van der Waals surface area contributed by atoms with Gasteiger partial charge in [-0.15, -0.1) is 0 Å². The molecule has 0 aromatic heterocycles.